The van der Waals surface area contributed by atoms with Gasteiger partial charge in [0.05, 0.1) is 0 Å². The van der Waals surface area contributed by atoms with Crippen LogP contribution in [-0.4, -0.2) is 45.8 Å². The van der Waals surface area contributed by atoms with Crippen molar-refractivity contribution >= 4 is 37.4 Å². The van der Waals surface area contributed by atoms with Crippen molar-refractivity contribution in [2.24, 2.45) is 0 Å². The molecule has 10 heavy (non-hydrogen) atoms. The van der Waals surface area contributed by atoms with Gasteiger partial charge in [0.25, 0.3) is 0 Å². The zero-order chi connectivity index (χ0) is 7.00. The number of rotatable bonds is 0. The monoisotopic (exact) mass is 364 g/mol. The maximum absolute atomic E-state index is 10.7. The van der Waals surface area contributed by atoms with Gasteiger partial charge in [0, 0.05) is 27.3 Å². The summed E-state index contributed by atoms with van der Waals surface area (Å²) in [6, 6.07) is 0. The Labute approximate surface area is 87.4 Å². The van der Waals surface area contributed by atoms with E-state index in [1.807, 2.05) is 0 Å². The van der Waals surface area contributed by atoms with Crippen molar-refractivity contribution < 1.29 is 45.0 Å². The molecule has 0 rings (SSSR count). The van der Waals surface area contributed by atoms with Crippen LogP contribution in [0.25, 0.3) is 0 Å². The molecule has 0 spiro atoms. The first kappa shape index (κ1) is 17.3. The van der Waals surface area contributed by atoms with Gasteiger partial charge in [-0.1, -0.05) is 0 Å². The Kier molecular flexibility index (Phi) is 8.62. The maximum atomic E-state index is 10.7. The molecule has 0 fully saturated rings. The minimum atomic E-state index is -6.09. The molecule has 4 radical (unpaired) electrons. The van der Waals surface area contributed by atoms with Crippen molar-refractivity contribution in [2.45, 2.75) is 5.51 Å². The first-order valence-corrected chi connectivity index (χ1v) is 2.68. The van der Waals surface area contributed by atoms with Crippen LogP contribution in [0, 0.1) is 0 Å². The molecule has 0 unspecified atom stereocenters. The third-order valence-corrected chi connectivity index (χ3v) is 0.850. The van der Waals surface area contributed by atoms with Gasteiger partial charge in [-0.2, -0.15) is 13.2 Å². The van der Waals surface area contributed by atoms with Crippen molar-refractivity contribution in [3.63, 3.8) is 0 Å². The van der Waals surface area contributed by atoms with Crippen LogP contribution in [-0.2, 0) is 10.1 Å². The minimum absolute atomic E-state index is 0. The quantitative estimate of drug-likeness (QED) is 0.257. The van der Waals surface area contributed by atoms with Crippen LogP contribution in [0.2, 0.25) is 0 Å². The molecule has 0 saturated heterocycles. The Bertz CT molecular complexity index is 173. The molecule has 0 aliphatic heterocycles. The van der Waals surface area contributed by atoms with E-state index in [0.29, 0.717) is 0 Å². The van der Waals surface area contributed by atoms with Gasteiger partial charge < -0.3 is 4.55 Å². The minimum Gasteiger partial charge on any atom is -0.741 e. The molecule has 0 amide bonds. The summed E-state index contributed by atoms with van der Waals surface area (Å²) in [6.07, 6.45) is 0. The fourth-order valence-corrected chi connectivity index (χ4v) is 0. The number of hydrogen-bond donors (Lipinski definition) is 0. The van der Waals surface area contributed by atoms with Crippen LogP contribution >= 0.6 is 0 Å². The fraction of sp³-hybridized carbons (Fsp3) is 1.00. The summed E-state index contributed by atoms with van der Waals surface area (Å²) in [5.74, 6) is 0. The second-order valence-corrected chi connectivity index (χ2v) is 2.27. The Hall–Kier alpha value is 1.22. The summed E-state index contributed by atoms with van der Waals surface area (Å²) in [4.78, 5) is 0. The van der Waals surface area contributed by atoms with E-state index in [1.54, 1.807) is 0 Å². The SMILES string of the molecule is O=S(=O)([O-])C(F)(F)F.[Li+].[Pb]. The van der Waals surface area contributed by atoms with Crippen LogP contribution in [0.4, 0.5) is 13.2 Å². The number of halogens is 3. The molecule has 0 N–H and O–H groups in total. The second kappa shape index (κ2) is 4.97. The molecule has 0 aliphatic carbocycles. The van der Waals surface area contributed by atoms with Gasteiger partial charge in [-0.05, 0) is 0 Å². The molecule has 0 saturated carbocycles. The summed E-state index contributed by atoms with van der Waals surface area (Å²) in [7, 11) is -6.09. The first-order chi connectivity index (χ1) is 3.25. The van der Waals surface area contributed by atoms with E-state index < -0.39 is 15.6 Å². The van der Waals surface area contributed by atoms with Crippen molar-refractivity contribution in [1.29, 1.82) is 0 Å². The maximum Gasteiger partial charge on any atom is 1.00 e. The fourth-order valence-electron chi connectivity index (χ4n) is 0. The third-order valence-electron chi connectivity index (χ3n) is 0.283. The summed E-state index contributed by atoms with van der Waals surface area (Å²) >= 11 is 0. The van der Waals surface area contributed by atoms with E-state index in [4.69, 9.17) is 13.0 Å². The second-order valence-electron chi connectivity index (χ2n) is 0.900. The van der Waals surface area contributed by atoms with Gasteiger partial charge in [-0.3, -0.25) is 0 Å². The summed E-state index contributed by atoms with van der Waals surface area (Å²) in [5, 5.41) is 0. The van der Waals surface area contributed by atoms with Crippen LogP contribution < -0.4 is 18.9 Å². The van der Waals surface area contributed by atoms with Crippen molar-refractivity contribution in [3.8, 4) is 0 Å². The van der Waals surface area contributed by atoms with Crippen molar-refractivity contribution in [1.82, 2.24) is 0 Å². The molecule has 0 aromatic rings. The Balaban J connectivity index is -0.000000245. The van der Waals surface area contributed by atoms with E-state index in [0.717, 1.165) is 0 Å². The molecular formula is CF3LiO3PbS. The van der Waals surface area contributed by atoms with Crippen molar-refractivity contribution in [3.05, 3.63) is 0 Å². The molecule has 54 valence electrons. The molecule has 0 heterocycles. The van der Waals surface area contributed by atoms with Crippen LogP contribution in [0.1, 0.15) is 0 Å². The summed E-state index contributed by atoms with van der Waals surface area (Å²) < 4.78 is 58.9. The molecule has 3 nitrogen and oxygen atoms in total. The van der Waals surface area contributed by atoms with E-state index in [1.165, 1.54) is 0 Å². The Morgan fingerprint density at radius 2 is 1.30 bits per heavy atom. The average Bonchev–Trinajstić information content (AvgIpc) is 1.25. The van der Waals surface area contributed by atoms with E-state index in [9.17, 15) is 13.2 Å². The predicted octanol–water partition coefficient (Wildman–Crippen LogP) is -3.33. The van der Waals surface area contributed by atoms with E-state index in [2.05, 4.69) is 0 Å². The zero-order valence-electron chi connectivity index (χ0n) is 4.77. The Morgan fingerprint density at radius 3 is 1.30 bits per heavy atom. The van der Waals surface area contributed by atoms with Crippen LogP contribution in [0.5, 0.6) is 0 Å². The molecule has 9 heteroatoms. The molecule has 0 aromatic carbocycles. The first-order valence-electron chi connectivity index (χ1n) is 1.27. The van der Waals surface area contributed by atoms with Crippen LogP contribution in [0.3, 0.4) is 0 Å². The molecule has 0 atom stereocenters. The number of hydrogen-bond acceptors (Lipinski definition) is 3. The molecule has 0 bridgehead atoms. The van der Waals surface area contributed by atoms with Gasteiger partial charge in [0.2, 0.25) is 0 Å². The van der Waals surface area contributed by atoms with Gasteiger partial charge in [0.1, 0.15) is 0 Å². The normalized spacial score (nSPS) is 11.2. The molecular weight excluding hydrogens is 363 g/mol. The predicted molar refractivity (Wildman–Crippen MR) is 21.5 cm³/mol. The largest absolute Gasteiger partial charge is 1.00 e. The van der Waals surface area contributed by atoms with E-state index >= 15 is 0 Å². The topological polar surface area (TPSA) is 57.2 Å². The number of alkyl halides is 3. The summed E-state index contributed by atoms with van der Waals surface area (Å²) in [6.45, 7) is 0. The van der Waals surface area contributed by atoms with Crippen molar-refractivity contribution in [2.75, 3.05) is 0 Å². The average molecular weight is 363 g/mol. The van der Waals surface area contributed by atoms with Gasteiger partial charge >= 0.3 is 24.4 Å². The third kappa shape index (κ3) is 5.96. The smallest absolute Gasteiger partial charge is 0.741 e. The molecule has 0 aliphatic rings. The van der Waals surface area contributed by atoms with Crippen LogP contribution in [0.15, 0.2) is 0 Å². The molecule has 0 aromatic heterocycles. The van der Waals surface area contributed by atoms with E-state index in [-0.39, 0.29) is 46.2 Å². The van der Waals surface area contributed by atoms with Gasteiger partial charge in [0.15, 0.2) is 10.1 Å². The van der Waals surface area contributed by atoms with Gasteiger partial charge in [-0.25, -0.2) is 8.42 Å². The Morgan fingerprint density at radius 1 is 1.20 bits per heavy atom. The van der Waals surface area contributed by atoms with Gasteiger partial charge in [-0.15, -0.1) is 0 Å². The zero-order valence-corrected chi connectivity index (χ0v) is 9.47. The standard InChI is InChI=1S/CHF3O3S.Li.Pb/c2-1(3,4)8(5,6)7;;/h(H,5,6,7);;/q;+1;/p-1. The summed E-state index contributed by atoms with van der Waals surface area (Å²) in [5.41, 5.74) is -5.65.